The fraction of sp³-hybridized carbons (Fsp3) is 0.467. The summed E-state index contributed by atoms with van der Waals surface area (Å²) in [7, 11) is 0. The number of hydrogen-bond acceptors (Lipinski definition) is 3. The topological polar surface area (TPSA) is 42.5 Å². The zero-order valence-corrected chi connectivity index (χ0v) is 22.2. The van der Waals surface area contributed by atoms with Gasteiger partial charge < -0.3 is 15.0 Å². The van der Waals surface area contributed by atoms with Gasteiger partial charge in [0.05, 0.1) is 13.2 Å². The summed E-state index contributed by atoms with van der Waals surface area (Å²) in [6.07, 6.45) is 10.0. The van der Waals surface area contributed by atoms with Crippen LogP contribution in [0, 0.1) is 30.4 Å². The Kier molecular flexibility index (Phi) is 10.9. The molecule has 212 valence electrons. The van der Waals surface area contributed by atoms with Gasteiger partial charge in [-0.15, -0.1) is 12.8 Å². The first kappa shape index (κ1) is 30.6. The number of fused-ring (bicyclic) bond motifs is 3. The first-order valence-electron chi connectivity index (χ1n) is 13.0. The van der Waals surface area contributed by atoms with Gasteiger partial charge in [-0.05, 0) is 61.4 Å². The number of H-pyrrole nitrogens is 1. The van der Waals surface area contributed by atoms with E-state index in [0.29, 0.717) is 30.9 Å². The van der Waals surface area contributed by atoms with Crippen LogP contribution in [-0.2, 0) is 19.4 Å². The Labute approximate surface area is 226 Å². The minimum absolute atomic E-state index is 0.0409. The third-order valence-electron chi connectivity index (χ3n) is 7.14. The first-order valence-corrected chi connectivity index (χ1v) is 13.0. The molecular formula is C30H36F5N3O. The van der Waals surface area contributed by atoms with E-state index in [1.165, 1.54) is 23.1 Å². The molecule has 5 rings (SSSR count). The molecule has 3 heterocycles. The summed E-state index contributed by atoms with van der Waals surface area (Å²) >= 11 is 0. The van der Waals surface area contributed by atoms with Crippen molar-refractivity contribution in [2.75, 3.05) is 39.5 Å². The predicted molar refractivity (Wildman–Crippen MR) is 144 cm³/mol. The summed E-state index contributed by atoms with van der Waals surface area (Å²) in [6, 6.07) is 11.7. The standard InChI is InChI=1S/C15H18F2N2O.C13H16F3N.C2H2/c1-10-6-12-11-4-2-3-5-13(11)18-14(12)7-19(10)8-15(16,17)9-20;14-2-1-3-17-8-11(9-17)4-10-5-12(15)7-13(16)6-10;1-2/h2-5,10,18,20H,6-9H2,1H3;5-7,11H,1-4,8-9H2;1-2H/t10-;;/m1../s1. The molecule has 2 aliphatic rings. The van der Waals surface area contributed by atoms with E-state index in [1.54, 1.807) is 4.90 Å². The van der Waals surface area contributed by atoms with Gasteiger partial charge >= 0.3 is 0 Å². The SMILES string of the molecule is C#C.C[C@@H]1Cc2c([nH]c3ccccc23)CN1CC(F)(F)CO.FCCCN1CC(Cc2cc(F)cc(F)c2)C1. The molecule has 0 aliphatic carbocycles. The Bertz CT molecular complexity index is 1200. The highest BCUT2D eigenvalue weighted by Crippen LogP contribution is 2.31. The lowest BCUT2D eigenvalue weighted by molar-refractivity contribution is -0.0819. The number of nitrogens with zero attached hydrogens (tertiary/aromatic N) is 2. The van der Waals surface area contributed by atoms with Crippen LogP contribution in [0.5, 0.6) is 0 Å². The number of hydrogen-bond donors (Lipinski definition) is 2. The van der Waals surface area contributed by atoms with Gasteiger partial charge in [0.2, 0.25) is 0 Å². The van der Waals surface area contributed by atoms with Crippen molar-refractivity contribution in [1.29, 1.82) is 0 Å². The van der Waals surface area contributed by atoms with Gasteiger partial charge in [0.25, 0.3) is 5.92 Å². The van der Waals surface area contributed by atoms with Crippen molar-refractivity contribution in [3.63, 3.8) is 0 Å². The molecule has 0 amide bonds. The molecule has 9 heteroatoms. The Balaban J connectivity index is 0.000000205. The number of terminal acetylenes is 1. The maximum absolute atomic E-state index is 13.4. The molecule has 1 aromatic heterocycles. The summed E-state index contributed by atoms with van der Waals surface area (Å²) in [5.41, 5.74) is 4.01. The molecule has 1 fully saturated rings. The van der Waals surface area contributed by atoms with E-state index in [1.807, 2.05) is 25.1 Å². The Morgan fingerprint density at radius 2 is 1.74 bits per heavy atom. The average molecular weight is 550 g/mol. The molecule has 2 aromatic carbocycles. The van der Waals surface area contributed by atoms with E-state index in [9.17, 15) is 22.0 Å². The molecule has 0 saturated carbocycles. The fourth-order valence-corrected chi connectivity index (χ4v) is 5.30. The number of para-hydroxylation sites is 1. The maximum atomic E-state index is 13.4. The number of aromatic nitrogens is 1. The molecule has 39 heavy (non-hydrogen) atoms. The lowest BCUT2D eigenvalue weighted by Gasteiger charge is -2.39. The van der Waals surface area contributed by atoms with E-state index >= 15 is 0 Å². The summed E-state index contributed by atoms with van der Waals surface area (Å²) in [5, 5.41) is 9.92. The predicted octanol–water partition coefficient (Wildman–Crippen LogP) is 5.59. The fourth-order valence-electron chi connectivity index (χ4n) is 5.30. The molecular weight excluding hydrogens is 513 g/mol. The zero-order chi connectivity index (χ0) is 28.6. The maximum Gasteiger partial charge on any atom is 0.283 e. The van der Waals surface area contributed by atoms with Gasteiger partial charge in [0, 0.05) is 54.9 Å². The molecule has 2 aliphatic heterocycles. The molecule has 0 radical (unpaired) electrons. The highest BCUT2D eigenvalue weighted by Gasteiger charge is 2.35. The van der Waals surface area contributed by atoms with Crippen molar-refractivity contribution < 1.29 is 27.1 Å². The number of nitrogens with one attached hydrogen (secondary N) is 1. The summed E-state index contributed by atoms with van der Waals surface area (Å²) in [6.45, 7) is 3.23. The molecule has 3 aromatic rings. The largest absolute Gasteiger partial charge is 0.390 e. The average Bonchev–Trinajstić information content (AvgIpc) is 3.23. The summed E-state index contributed by atoms with van der Waals surface area (Å²) in [4.78, 5) is 7.22. The van der Waals surface area contributed by atoms with Gasteiger partial charge in [0.1, 0.15) is 18.2 Å². The van der Waals surface area contributed by atoms with Gasteiger partial charge in [-0.2, -0.15) is 0 Å². The van der Waals surface area contributed by atoms with Crippen LogP contribution in [-0.4, -0.2) is 71.3 Å². The van der Waals surface area contributed by atoms with Crippen LogP contribution < -0.4 is 0 Å². The number of benzene rings is 2. The third kappa shape index (κ3) is 8.28. The van der Waals surface area contributed by atoms with E-state index in [2.05, 4.69) is 28.8 Å². The van der Waals surface area contributed by atoms with Crippen LogP contribution in [0.15, 0.2) is 42.5 Å². The van der Waals surface area contributed by atoms with Crippen molar-refractivity contribution in [2.24, 2.45) is 5.92 Å². The molecule has 0 bridgehead atoms. The Morgan fingerprint density at radius 1 is 1.08 bits per heavy atom. The summed E-state index contributed by atoms with van der Waals surface area (Å²) in [5.74, 6) is -3.64. The highest BCUT2D eigenvalue weighted by atomic mass is 19.3. The first-order chi connectivity index (χ1) is 18.7. The van der Waals surface area contributed by atoms with Crippen LogP contribution in [0.3, 0.4) is 0 Å². The lowest BCUT2D eigenvalue weighted by atomic mass is 9.92. The van der Waals surface area contributed by atoms with Crippen molar-refractivity contribution in [1.82, 2.24) is 14.8 Å². The van der Waals surface area contributed by atoms with Gasteiger partial charge in [0.15, 0.2) is 0 Å². The number of likely N-dealkylation sites (tertiary alicyclic amines) is 1. The number of aliphatic hydroxyl groups is 1. The quantitative estimate of drug-likeness (QED) is 0.284. The van der Waals surface area contributed by atoms with Crippen LogP contribution in [0.4, 0.5) is 22.0 Å². The van der Waals surface area contributed by atoms with Crippen molar-refractivity contribution in [3.8, 4) is 12.8 Å². The second-order valence-corrected chi connectivity index (χ2v) is 10.2. The van der Waals surface area contributed by atoms with Gasteiger partial charge in [-0.3, -0.25) is 9.29 Å². The monoisotopic (exact) mass is 549 g/mol. The van der Waals surface area contributed by atoms with Crippen molar-refractivity contribution in [2.45, 2.75) is 44.7 Å². The Hall–Kier alpha value is -2.93. The normalized spacial score (nSPS) is 17.9. The molecule has 1 saturated heterocycles. The number of rotatable bonds is 8. The number of alkyl halides is 3. The number of aromatic amines is 1. The molecule has 2 N–H and O–H groups in total. The molecule has 0 unspecified atom stereocenters. The third-order valence-corrected chi connectivity index (χ3v) is 7.14. The van der Waals surface area contributed by atoms with E-state index in [4.69, 9.17) is 5.11 Å². The van der Waals surface area contributed by atoms with Crippen molar-refractivity contribution >= 4 is 10.9 Å². The second-order valence-electron chi connectivity index (χ2n) is 10.2. The van der Waals surface area contributed by atoms with Crippen LogP contribution >= 0.6 is 0 Å². The lowest BCUT2D eigenvalue weighted by Crippen LogP contribution is -2.47. The minimum atomic E-state index is -3.04. The van der Waals surface area contributed by atoms with E-state index in [0.717, 1.165) is 43.3 Å². The number of aliphatic hydroxyl groups excluding tert-OH is 1. The van der Waals surface area contributed by atoms with Crippen LogP contribution in [0.2, 0.25) is 0 Å². The molecule has 0 spiro atoms. The molecule has 1 atom stereocenters. The van der Waals surface area contributed by atoms with Gasteiger partial charge in [-0.1, -0.05) is 18.2 Å². The Morgan fingerprint density at radius 3 is 2.38 bits per heavy atom. The smallest absolute Gasteiger partial charge is 0.283 e. The second kappa shape index (κ2) is 13.9. The van der Waals surface area contributed by atoms with E-state index in [-0.39, 0.29) is 12.7 Å². The summed E-state index contributed by atoms with van der Waals surface area (Å²) < 4.78 is 64.6. The van der Waals surface area contributed by atoms with Crippen LogP contribution in [0.25, 0.3) is 10.9 Å². The van der Waals surface area contributed by atoms with E-state index < -0.39 is 30.7 Å². The highest BCUT2D eigenvalue weighted by molar-refractivity contribution is 5.84. The minimum Gasteiger partial charge on any atom is -0.390 e. The molecule has 4 nitrogen and oxygen atoms in total. The van der Waals surface area contributed by atoms with Crippen molar-refractivity contribution in [3.05, 3.63) is 70.9 Å². The van der Waals surface area contributed by atoms with Crippen LogP contribution in [0.1, 0.15) is 30.2 Å². The zero-order valence-electron chi connectivity index (χ0n) is 22.2. The van der Waals surface area contributed by atoms with Gasteiger partial charge in [-0.25, -0.2) is 17.6 Å². The number of halogens is 5.